The summed E-state index contributed by atoms with van der Waals surface area (Å²) >= 11 is 25.0. The first-order chi connectivity index (χ1) is 18.3. The van der Waals surface area contributed by atoms with Gasteiger partial charge in [-0.25, -0.2) is 0 Å². The maximum atomic E-state index is 13.3. The van der Waals surface area contributed by atoms with Gasteiger partial charge in [-0.3, -0.25) is 4.79 Å². The van der Waals surface area contributed by atoms with Crippen molar-refractivity contribution in [2.45, 2.75) is 37.0 Å². The van der Waals surface area contributed by atoms with Crippen LogP contribution >= 0.6 is 46.4 Å². The van der Waals surface area contributed by atoms with Crippen LogP contribution in [0.15, 0.2) is 66.7 Å². The van der Waals surface area contributed by atoms with Crippen LogP contribution in [0.3, 0.4) is 0 Å². The molecule has 3 nitrogen and oxygen atoms in total. The van der Waals surface area contributed by atoms with Crippen molar-refractivity contribution in [2.75, 3.05) is 26.7 Å². The minimum Gasteiger partial charge on any atom is -0.341 e. The maximum absolute atomic E-state index is 13.3. The van der Waals surface area contributed by atoms with Gasteiger partial charge >= 0.3 is 0 Å². The van der Waals surface area contributed by atoms with E-state index >= 15 is 0 Å². The third-order valence-corrected chi connectivity index (χ3v) is 9.06. The molecule has 0 bridgehead atoms. The van der Waals surface area contributed by atoms with E-state index in [4.69, 9.17) is 46.4 Å². The van der Waals surface area contributed by atoms with Crippen LogP contribution in [0.1, 0.15) is 58.6 Å². The van der Waals surface area contributed by atoms with Crippen LogP contribution in [0, 0.1) is 0 Å². The molecule has 38 heavy (non-hydrogen) atoms. The highest BCUT2D eigenvalue weighted by Gasteiger charge is 2.38. The number of likely N-dealkylation sites (N-methyl/N-ethyl adjacent to an activating group) is 1. The molecule has 1 aliphatic carbocycles. The highest BCUT2D eigenvalue weighted by molar-refractivity contribution is 6.42. The van der Waals surface area contributed by atoms with Crippen molar-refractivity contribution in [1.29, 1.82) is 0 Å². The number of allylic oxidation sites excluding steroid dienone is 2. The van der Waals surface area contributed by atoms with Crippen molar-refractivity contribution in [2.24, 2.45) is 0 Å². The van der Waals surface area contributed by atoms with Gasteiger partial charge in [-0.1, -0.05) is 82.8 Å². The number of halogens is 4. The second kappa shape index (κ2) is 11.6. The van der Waals surface area contributed by atoms with Crippen molar-refractivity contribution >= 4 is 57.9 Å². The minimum atomic E-state index is -0.126. The summed E-state index contributed by atoms with van der Waals surface area (Å²) in [5.74, 6) is -0.0652. The lowest BCUT2D eigenvalue weighted by molar-refractivity contribution is 0.0785. The fourth-order valence-corrected chi connectivity index (χ4v) is 6.78. The minimum absolute atomic E-state index is 0.0611. The standard InChI is InChI=1S/C31H30Cl4N2O/c1-37(30(38)23-14-24(32)17-25(33)15-23)19-22(20-8-9-28(34)29(35)16-20)7-6-21-18-31(10-12-36-13-11-31)27-5-3-2-4-26(21)27/h2-5,8-9,14-18,22,36H,6-7,10-13,19H2,1H3/t22-/m1/s1. The predicted molar refractivity (Wildman–Crippen MR) is 160 cm³/mol. The highest BCUT2D eigenvalue weighted by atomic mass is 35.5. The van der Waals surface area contributed by atoms with E-state index in [0.29, 0.717) is 32.2 Å². The Kier molecular flexibility index (Phi) is 8.42. The lowest BCUT2D eigenvalue weighted by Gasteiger charge is -2.33. The van der Waals surface area contributed by atoms with Crippen LogP contribution in [0.4, 0.5) is 0 Å². The molecule has 5 rings (SSSR count). The molecule has 0 aromatic heterocycles. The molecular formula is C31H30Cl4N2O. The summed E-state index contributed by atoms with van der Waals surface area (Å²) in [6.07, 6.45) is 6.52. The Morgan fingerprint density at radius 3 is 2.37 bits per heavy atom. The molecule has 0 radical (unpaired) electrons. The van der Waals surface area contributed by atoms with E-state index in [2.05, 4.69) is 35.7 Å². The molecule has 0 saturated carbocycles. The van der Waals surface area contributed by atoms with Gasteiger partial charge in [0.1, 0.15) is 0 Å². The van der Waals surface area contributed by atoms with Gasteiger partial charge in [0.2, 0.25) is 0 Å². The second-order valence-electron chi connectivity index (χ2n) is 10.4. The molecule has 1 saturated heterocycles. The Morgan fingerprint density at radius 2 is 1.66 bits per heavy atom. The fraction of sp³-hybridized carbons (Fsp3) is 0.323. The summed E-state index contributed by atoms with van der Waals surface area (Å²) in [4.78, 5) is 15.0. The second-order valence-corrected chi connectivity index (χ2v) is 12.1. The summed E-state index contributed by atoms with van der Waals surface area (Å²) < 4.78 is 0. The van der Waals surface area contributed by atoms with Gasteiger partial charge in [0.05, 0.1) is 10.0 Å². The summed E-state index contributed by atoms with van der Waals surface area (Å²) in [6, 6.07) is 19.5. The molecule has 1 heterocycles. The van der Waals surface area contributed by atoms with Crippen LogP contribution in [0.25, 0.3) is 5.57 Å². The van der Waals surface area contributed by atoms with Gasteiger partial charge in [-0.05, 0) is 91.4 Å². The molecule has 3 aromatic rings. The molecule has 1 amide bonds. The zero-order chi connectivity index (χ0) is 26.9. The van der Waals surface area contributed by atoms with E-state index in [1.54, 1.807) is 23.1 Å². The van der Waals surface area contributed by atoms with Crippen LogP contribution in [-0.2, 0) is 5.41 Å². The Hall–Kier alpha value is -2.01. The highest BCUT2D eigenvalue weighted by Crippen LogP contribution is 2.48. The number of carbonyl (C=O) groups is 1. The van der Waals surface area contributed by atoms with Crippen LogP contribution in [0.2, 0.25) is 20.1 Å². The Labute approximate surface area is 244 Å². The Morgan fingerprint density at radius 1 is 0.947 bits per heavy atom. The maximum Gasteiger partial charge on any atom is 0.253 e. The van der Waals surface area contributed by atoms with E-state index in [9.17, 15) is 4.79 Å². The molecule has 1 aliphatic heterocycles. The Balaban J connectivity index is 1.40. The lowest BCUT2D eigenvalue weighted by atomic mass is 9.75. The normalized spacial score (nSPS) is 16.7. The third-order valence-electron chi connectivity index (χ3n) is 7.88. The number of rotatable bonds is 7. The molecule has 7 heteroatoms. The van der Waals surface area contributed by atoms with Crippen molar-refractivity contribution in [1.82, 2.24) is 10.2 Å². The summed E-state index contributed by atoms with van der Waals surface area (Å²) in [7, 11) is 1.82. The number of carbonyl (C=O) groups excluding carboxylic acids is 1. The Bertz CT molecular complexity index is 1360. The monoisotopic (exact) mass is 586 g/mol. The lowest BCUT2D eigenvalue weighted by Crippen LogP contribution is -2.37. The van der Waals surface area contributed by atoms with Gasteiger partial charge in [-0.15, -0.1) is 0 Å². The first-order valence-electron chi connectivity index (χ1n) is 12.9. The summed E-state index contributed by atoms with van der Waals surface area (Å²) in [5.41, 5.74) is 5.86. The predicted octanol–water partition coefficient (Wildman–Crippen LogP) is 8.65. The molecular weight excluding hydrogens is 558 g/mol. The van der Waals surface area contributed by atoms with Crippen molar-refractivity contribution < 1.29 is 4.79 Å². The van der Waals surface area contributed by atoms with Gasteiger partial charge in [0, 0.05) is 40.5 Å². The fourth-order valence-electron chi connectivity index (χ4n) is 5.95. The van der Waals surface area contributed by atoms with Crippen molar-refractivity contribution in [3.05, 3.63) is 109 Å². The number of hydrogen-bond acceptors (Lipinski definition) is 2. The van der Waals surface area contributed by atoms with Gasteiger partial charge in [0.15, 0.2) is 0 Å². The van der Waals surface area contributed by atoms with Gasteiger partial charge in [-0.2, -0.15) is 0 Å². The number of nitrogens with one attached hydrogen (secondary N) is 1. The topological polar surface area (TPSA) is 32.3 Å². The number of benzene rings is 3. The first kappa shape index (κ1) is 27.6. The zero-order valence-corrected chi connectivity index (χ0v) is 24.3. The molecule has 3 aromatic carbocycles. The van der Waals surface area contributed by atoms with Crippen LogP contribution in [0.5, 0.6) is 0 Å². The SMILES string of the molecule is CN(C[C@@H](CCC1=CC2(CCNCC2)c2ccccc21)c1ccc(Cl)c(Cl)c1)C(=O)c1cc(Cl)cc(Cl)c1. The number of nitrogens with zero attached hydrogens (tertiary/aromatic N) is 1. The van der Waals surface area contributed by atoms with E-state index in [1.807, 2.05) is 25.2 Å². The smallest absolute Gasteiger partial charge is 0.253 e. The molecule has 1 atom stereocenters. The quantitative estimate of drug-likeness (QED) is 0.300. The number of amides is 1. The van der Waals surface area contributed by atoms with Crippen molar-refractivity contribution in [3.63, 3.8) is 0 Å². The number of fused-ring (bicyclic) bond motifs is 2. The third kappa shape index (κ3) is 5.78. The van der Waals surface area contributed by atoms with E-state index in [-0.39, 0.29) is 17.2 Å². The van der Waals surface area contributed by atoms with Crippen LogP contribution in [-0.4, -0.2) is 37.5 Å². The zero-order valence-electron chi connectivity index (χ0n) is 21.2. The average molecular weight is 588 g/mol. The van der Waals surface area contributed by atoms with E-state index < -0.39 is 0 Å². The molecule has 1 N–H and O–H groups in total. The van der Waals surface area contributed by atoms with Gasteiger partial charge < -0.3 is 10.2 Å². The van der Waals surface area contributed by atoms with E-state index in [1.165, 1.54) is 16.7 Å². The van der Waals surface area contributed by atoms with Crippen LogP contribution < -0.4 is 5.32 Å². The molecule has 0 unspecified atom stereocenters. The summed E-state index contributed by atoms with van der Waals surface area (Å²) in [5, 5.41) is 5.43. The first-order valence-corrected chi connectivity index (χ1v) is 14.5. The molecule has 1 spiro atoms. The van der Waals surface area contributed by atoms with E-state index in [0.717, 1.165) is 44.3 Å². The largest absolute Gasteiger partial charge is 0.341 e. The average Bonchev–Trinajstić information content (AvgIpc) is 3.20. The summed E-state index contributed by atoms with van der Waals surface area (Å²) in [6.45, 7) is 2.58. The molecule has 1 fully saturated rings. The van der Waals surface area contributed by atoms with Gasteiger partial charge in [0.25, 0.3) is 5.91 Å². The number of piperidine rings is 1. The number of hydrogen-bond donors (Lipinski definition) is 1. The molecule has 2 aliphatic rings. The molecule has 198 valence electrons. The van der Waals surface area contributed by atoms with Crippen molar-refractivity contribution in [3.8, 4) is 0 Å².